The number of rotatable bonds is 4. The van der Waals surface area contributed by atoms with Gasteiger partial charge in [0.15, 0.2) is 0 Å². The monoisotopic (exact) mass is 593 g/mol. The second-order valence-electron chi connectivity index (χ2n) is 4.36. The molecule has 1 radical (unpaired) electrons. The van der Waals surface area contributed by atoms with Crippen LogP contribution in [0.2, 0.25) is 0 Å². The maximum atomic E-state index is 7.75. The maximum absolute atomic E-state index is 7.75. The number of nitrogens with zero attached hydrogens (tertiary/aromatic N) is 4. The zero-order valence-electron chi connectivity index (χ0n) is 12.9. The first-order valence-corrected chi connectivity index (χ1v) is 7.69. The van der Waals surface area contributed by atoms with E-state index in [1.165, 1.54) is 0 Å². The molecule has 0 spiro atoms. The minimum absolute atomic E-state index is 0. The molecule has 0 aromatic heterocycles. The Balaban J connectivity index is 0. The van der Waals surface area contributed by atoms with E-state index in [1.54, 1.807) is 9.80 Å². The van der Waals surface area contributed by atoms with Crippen LogP contribution in [0.1, 0.15) is 6.42 Å². The van der Waals surface area contributed by atoms with Crippen molar-refractivity contribution < 1.29 is 29.7 Å². The molecule has 0 amide bonds. The summed E-state index contributed by atoms with van der Waals surface area (Å²) >= 11 is 24.2. The van der Waals surface area contributed by atoms with Gasteiger partial charge in [0.05, 0.1) is 0 Å². The van der Waals surface area contributed by atoms with Crippen molar-refractivity contribution in [2.45, 2.75) is 6.42 Å². The fourth-order valence-electron chi connectivity index (χ4n) is 1.87. The molecule has 2 heterocycles. The first-order valence-electron chi connectivity index (χ1n) is 6.18. The number of carbonyl (C=O) groups excluding carboxylic acids is 2. The molecule has 11 heteroatoms. The predicted molar refractivity (Wildman–Crippen MR) is 93.1 cm³/mol. The molecule has 0 saturated carbocycles. The summed E-state index contributed by atoms with van der Waals surface area (Å²) in [7, 11) is 3.71. The number of halogens is 4. The minimum atomic E-state index is 0. The Morgan fingerprint density at radius 3 is 1.25 bits per heavy atom. The van der Waals surface area contributed by atoms with Gasteiger partial charge in [-0.15, -0.1) is 0 Å². The molecule has 0 saturated heterocycles. The van der Waals surface area contributed by atoms with Crippen LogP contribution in [0.5, 0.6) is 0 Å². The maximum Gasteiger partial charge on any atom is 0.110 e. The summed E-state index contributed by atoms with van der Waals surface area (Å²) in [6, 6.07) is 0. The Morgan fingerprint density at radius 1 is 0.750 bits per heavy atom. The van der Waals surface area contributed by atoms with Crippen LogP contribution in [0.3, 0.4) is 0 Å². The average molecular weight is 594 g/mol. The van der Waals surface area contributed by atoms with Gasteiger partial charge in [-0.05, 0) is 33.6 Å². The molecule has 0 unspecified atom stereocenters. The van der Waals surface area contributed by atoms with Gasteiger partial charge in [-0.25, -0.2) is 0 Å². The molecule has 24 heavy (non-hydrogen) atoms. The SMILES string of the molecule is CN1[CH-]N(CCCN2[CH-]N(C)C(Cl)=C2Cl)C(Cl)=C1Cl.[CH-]=O.[CH-]=O.[Ir]. The molecule has 0 N–H and O–H groups in total. The zero-order valence-corrected chi connectivity index (χ0v) is 18.3. The average Bonchev–Trinajstić information content (AvgIpc) is 2.96. The van der Waals surface area contributed by atoms with Crippen LogP contribution in [0, 0.1) is 13.3 Å². The molecule has 0 fully saturated rings. The van der Waals surface area contributed by atoms with Gasteiger partial charge in [-0.2, -0.15) is 13.3 Å². The molecule has 2 rings (SSSR count). The predicted octanol–water partition coefficient (Wildman–Crippen LogP) is 2.77. The Morgan fingerprint density at radius 2 is 1.04 bits per heavy atom. The molecule has 0 aromatic carbocycles. The molecule has 0 aliphatic carbocycles. The quantitative estimate of drug-likeness (QED) is 0.284. The molecule has 6 nitrogen and oxygen atoms in total. The van der Waals surface area contributed by atoms with Crippen LogP contribution in [-0.2, 0) is 29.7 Å². The zero-order chi connectivity index (χ0) is 18.2. The van der Waals surface area contributed by atoms with Crippen molar-refractivity contribution in [3.63, 3.8) is 0 Å². The summed E-state index contributed by atoms with van der Waals surface area (Å²) in [5.41, 5.74) is 0. The van der Waals surface area contributed by atoms with Crippen LogP contribution < -0.4 is 0 Å². The van der Waals surface area contributed by atoms with Gasteiger partial charge in [-0.1, -0.05) is 46.4 Å². The smallest absolute Gasteiger partial charge is 0.110 e. The number of hydrogen-bond acceptors (Lipinski definition) is 6. The van der Waals surface area contributed by atoms with Crippen molar-refractivity contribution in [3.05, 3.63) is 34.0 Å². The third kappa shape index (κ3) is 6.62. The van der Waals surface area contributed by atoms with Crippen LogP contribution in [-0.4, -0.2) is 60.4 Å². The van der Waals surface area contributed by atoms with E-state index >= 15 is 0 Å². The second kappa shape index (κ2) is 13.1. The van der Waals surface area contributed by atoms with Crippen LogP contribution in [0.4, 0.5) is 0 Å². The molecular weight excluding hydrogens is 578 g/mol. The standard InChI is InChI=1S/C11H14Cl4N4.2CHO.Ir/c1-16-6-18(10(14)8(16)12)4-3-5-19-7-17(2)9(13)11(19)15;2*1-2;/h6-7H,3-5H2,1-2H3;2*1H;/q-2;2*-1;. The molecular formula is C13H16Cl4IrN4O2-4. The van der Waals surface area contributed by atoms with Gasteiger partial charge in [-0.3, -0.25) is 13.6 Å². The van der Waals surface area contributed by atoms with E-state index in [0.29, 0.717) is 20.6 Å². The summed E-state index contributed by atoms with van der Waals surface area (Å²) in [6.45, 7) is 11.8. The fraction of sp³-hybridized carbons (Fsp3) is 0.385. The van der Waals surface area contributed by atoms with E-state index in [9.17, 15) is 0 Å². The van der Waals surface area contributed by atoms with Crippen LogP contribution >= 0.6 is 46.4 Å². The summed E-state index contributed by atoms with van der Waals surface area (Å²) < 4.78 is 0. The van der Waals surface area contributed by atoms with Gasteiger partial charge in [0, 0.05) is 20.1 Å². The Hall–Kier alpha value is -0.171. The summed E-state index contributed by atoms with van der Waals surface area (Å²) in [5, 5.41) is 2.17. The van der Waals surface area contributed by atoms with E-state index in [2.05, 4.69) is 13.6 Å². The fourth-order valence-corrected chi connectivity index (χ4v) is 2.70. The summed E-state index contributed by atoms with van der Waals surface area (Å²) in [6.07, 6.45) is 0.870. The molecule has 2 aliphatic rings. The van der Waals surface area contributed by atoms with Gasteiger partial charge < -0.3 is 29.2 Å². The molecule has 0 bridgehead atoms. The third-order valence-corrected chi connectivity index (χ3v) is 4.76. The van der Waals surface area contributed by atoms with Crippen molar-refractivity contribution in [1.29, 1.82) is 0 Å². The summed E-state index contributed by atoms with van der Waals surface area (Å²) in [4.78, 5) is 22.9. The Bertz CT molecular complexity index is 427. The normalized spacial score (nSPS) is 16.6. The van der Waals surface area contributed by atoms with Gasteiger partial charge in [0.1, 0.15) is 20.6 Å². The van der Waals surface area contributed by atoms with Crippen molar-refractivity contribution in [2.24, 2.45) is 0 Å². The van der Waals surface area contributed by atoms with Gasteiger partial charge in [0.25, 0.3) is 0 Å². The van der Waals surface area contributed by atoms with Crippen LogP contribution in [0.15, 0.2) is 20.6 Å². The van der Waals surface area contributed by atoms with Crippen LogP contribution in [0.25, 0.3) is 0 Å². The van der Waals surface area contributed by atoms with Gasteiger partial charge in [0.2, 0.25) is 0 Å². The van der Waals surface area contributed by atoms with Gasteiger partial charge >= 0.3 is 0 Å². The van der Waals surface area contributed by atoms with E-state index in [4.69, 9.17) is 56.0 Å². The van der Waals surface area contributed by atoms with Crippen molar-refractivity contribution >= 4 is 60.0 Å². The Kier molecular flexibility index (Phi) is 14.2. The first-order chi connectivity index (χ1) is 10.9. The molecule has 141 valence electrons. The van der Waals surface area contributed by atoms with Crippen molar-refractivity contribution in [1.82, 2.24) is 19.6 Å². The van der Waals surface area contributed by atoms with Crippen molar-refractivity contribution in [3.8, 4) is 0 Å². The number of hydrogen-bond donors (Lipinski definition) is 0. The van der Waals surface area contributed by atoms with E-state index in [0.717, 1.165) is 19.5 Å². The Labute approximate surface area is 176 Å². The molecule has 2 aliphatic heterocycles. The third-order valence-electron chi connectivity index (χ3n) is 2.89. The second-order valence-corrected chi connectivity index (χ2v) is 5.79. The largest absolute Gasteiger partial charge is 0.545 e. The summed E-state index contributed by atoms with van der Waals surface area (Å²) in [5.74, 6) is 0. The molecule has 0 aromatic rings. The first kappa shape index (κ1) is 26.1. The van der Waals surface area contributed by atoms with E-state index < -0.39 is 0 Å². The van der Waals surface area contributed by atoms with E-state index in [1.807, 2.05) is 37.2 Å². The minimum Gasteiger partial charge on any atom is -0.545 e. The van der Waals surface area contributed by atoms with Crippen molar-refractivity contribution in [2.75, 3.05) is 27.2 Å². The van der Waals surface area contributed by atoms with E-state index in [-0.39, 0.29) is 20.1 Å². The molecule has 0 atom stereocenters. The topological polar surface area (TPSA) is 47.1 Å².